The fourth-order valence-electron chi connectivity index (χ4n) is 3.21. The lowest BCUT2D eigenvalue weighted by Gasteiger charge is -2.11. The van der Waals surface area contributed by atoms with Crippen molar-refractivity contribution in [2.24, 2.45) is 0 Å². The van der Waals surface area contributed by atoms with Crippen LogP contribution in [-0.4, -0.2) is 26.7 Å². The molecule has 0 saturated heterocycles. The number of nitrogens with one attached hydrogen (secondary N) is 1. The van der Waals surface area contributed by atoms with E-state index in [1.54, 1.807) is 14.2 Å². The van der Waals surface area contributed by atoms with E-state index in [0.29, 0.717) is 30.5 Å². The van der Waals surface area contributed by atoms with Gasteiger partial charge in [0, 0.05) is 18.7 Å². The standard InChI is InChI=1S/C22H30N2O3/c1-5-18(6-2)19-10-13-24(14-11-19)16-22(25)23-12-9-17-7-8-20(26-3)21(15-17)27-4/h7-8,10-11,13-15,18H,5-6,9,12,16H2,1-4H3/p+1. The van der Waals surface area contributed by atoms with Crippen molar-refractivity contribution in [1.82, 2.24) is 5.32 Å². The number of benzene rings is 1. The molecule has 146 valence electrons. The monoisotopic (exact) mass is 371 g/mol. The summed E-state index contributed by atoms with van der Waals surface area (Å²) in [5.41, 5.74) is 2.43. The third-order valence-electron chi connectivity index (χ3n) is 4.88. The molecule has 27 heavy (non-hydrogen) atoms. The fourth-order valence-corrected chi connectivity index (χ4v) is 3.21. The second-order valence-electron chi connectivity index (χ2n) is 6.61. The summed E-state index contributed by atoms with van der Waals surface area (Å²) in [6, 6.07) is 10.0. The van der Waals surface area contributed by atoms with Crippen molar-refractivity contribution in [1.29, 1.82) is 0 Å². The predicted molar refractivity (Wildman–Crippen MR) is 106 cm³/mol. The molecule has 0 atom stereocenters. The average molecular weight is 372 g/mol. The minimum Gasteiger partial charge on any atom is -0.493 e. The van der Waals surface area contributed by atoms with E-state index in [-0.39, 0.29) is 5.91 Å². The van der Waals surface area contributed by atoms with Gasteiger partial charge in [-0.3, -0.25) is 4.79 Å². The van der Waals surface area contributed by atoms with Crippen LogP contribution in [0.3, 0.4) is 0 Å². The van der Waals surface area contributed by atoms with Gasteiger partial charge in [-0.1, -0.05) is 19.9 Å². The molecule has 0 saturated carbocycles. The van der Waals surface area contributed by atoms with Crippen molar-refractivity contribution in [2.75, 3.05) is 20.8 Å². The molecule has 0 bridgehead atoms. The van der Waals surface area contributed by atoms with E-state index in [9.17, 15) is 4.79 Å². The first-order chi connectivity index (χ1) is 13.1. The Bertz CT molecular complexity index is 725. The first-order valence-electron chi connectivity index (χ1n) is 9.57. The number of hydrogen-bond acceptors (Lipinski definition) is 3. The summed E-state index contributed by atoms with van der Waals surface area (Å²) in [5, 5.41) is 2.97. The van der Waals surface area contributed by atoms with Crippen molar-refractivity contribution >= 4 is 5.91 Å². The Labute approximate surface area is 162 Å². The Morgan fingerprint density at radius 1 is 1.04 bits per heavy atom. The number of rotatable bonds is 10. The Balaban J connectivity index is 1.82. The Morgan fingerprint density at radius 2 is 1.70 bits per heavy atom. The van der Waals surface area contributed by atoms with Gasteiger partial charge in [0.15, 0.2) is 23.9 Å². The van der Waals surface area contributed by atoms with Crippen LogP contribution >= 0.6 is 0 Å². The minimum absolute atomic E-state index is 0.00996. The number of nitrogens with zero attached hydrogens (tertiary/aromatic N) is 1. The summed E-state index contributed by atoms with van der Waals surface area (Å²) in [6.45, 7) is 5.33. The maximum Gasteiger partial charge on any atom is 0.285 e. The van der Waals surface area contributed by atoms with Crippen LogP contribution in [0.2, 0.25) is 0 Å². The highest BCUT2D eigenvalue weighted by Crippen LogP contribution is 2.27. The zero-order valence-electron chi connectivity index (χ0n) is 16.8. The van der Waals surface area contributed by atoms with Gasteiger partial charge in [-0.2, -0.15) is 4.57 Å². The molecular weight excluding hydrogens is 340 g/mol. The number of carbonyl (C=O) groups is 1. The molecular formula is C22H31N2O3+. The average Bonchev–Trinajstić information content (AvgIpc) is 2.70. The van der Waals surface area contributed by atoms with Gasteiger partial charge in [0.25, 0.3) is 5.91 Å². The largest absolute Gasteiger partial charge is 0.493 e. The number of hydrogen-bond donors (Lipinski definition) is 1. The Morgan fingerprint density at radius 3 is 2.30 bits per heavy atom. The van der Waals surface area contributed by atoms with Gasteiger partial charge >= 0.3 is 0 Å². The second kappa shape index (κ2) is 10.6. The number of methoxy groups -OCH3 is 2. The molecule has 1 aromatic carbocycles. The molecule has 1 amide bonds. The predicted octanol–water partition coefficient (Wildman–Crippen LogP) is 3.25. The third kappa shape index (κ3) is 5.98. The summed E-state index contributed by atoms with van der Waals surface area (Å²) >= 11 is 0. The van der Waals surface area contributed by atoms with Crippen LogP contribution in [0.25, 0.3) is 0 Å². The van der Waals surface area contributed by atoms with Gasteiger partial charge in [-0.25, -0.2) is 0 Å². The molecule has 0 radical (unpaired) electrons. The number of ether oxygens (including phenoxy) is 2. The minimum atomic E-state index is 0.00996. The molecule has 2 rings (SSSR count). The van der Waals surface area contributed by atoms with E-state index in [0.717, 1.165) is 24.8 Å². The van der Waals surface area contributed by atoms with Gasteiger partial charge in [0.1, 0.15) is 0 Å². The van der Waals surface area contributed by atoms with E-state index in [1.165, 1.54) is 5.56 Å². The Kier molecular flexibility index (Phi) is 8.11. The SMILES string of the molecule is CCC(CC)c1cc[n+](CC(=O)NCCc2ccc(OC)c(OC)c2)cc1. The van der Waals surface area contributed by atoms with Crippen molar-refractivity contribution < 1.29 is 18.8 Å². The highest BCUT2D eigenvalue weighted by Gasteiger charge is 2.12. The fraction of sp³-hybridized carbons (Fsp3) is 0.455. The van der Waals surface area contributed by atoms with Crippen LogP contribution in [-0.2, 0) is 17.8 Å². The van der Waals surface area contributed by atoms with Crippen LogP contribution in [0, 0.1) is 0 Å². The highest BCUT2D eigenvalue weighted by molar-refractivity contribution is 5.74. The lowest BCUT2D eigenvalue weighted by atomic mass is 9.95. The first-order valence-corrected chi connectivity index (χ1v) is 9.57. The van der Waals surface area contributed by atoms with Crippen LogP contribution in [0.4, 0.5) is 0 Å². The zero-order chi connectivity index (χ0) is 19.6. The van der Waals surface area contributed by atoms with Gasteiger partial charge in [-0.05, 0) is 48.4 Å². The number of carbonyl (C=O) groups excluding carboxylic acids is 1. The molecule has 0 aliphatic rings. The number of pyridine rings is 1. The van der Waals surface area contributed by atoms with Gasteiger partial charge < -0.3 is 14.8 Å². The van der Waals surface area contributed by atoms with E-state index >= 15 is 0 Å². The van der Waals surface area contributed by atoms with E-state index in [1.807, 2.05) is 35.2 Å². The molecule has 0 unspecified atom stereocenters. The molecule has 0 aliphatic carbocycles. The van der Waals surface area contributed by atoms with E-state index < -0.39 is 0 Å². The molecule has 1 N–H and O–H groups in total. The van der Waals surface area contributed by atoms with Crippen molar-refractivity contribution in [2.45, 2.75) is 45.6 Å². The number of amides is 1. The summed E-state index contributed by atoms with van der Waals surface area (Å²) in [7, 11) is 3.24. The maximum atomic E-state index is 12.2. The van der Waals surface area contributed by atoms with Crippen LogP contribution in [0.5, 0.6) is 11.5 Å². The lowest BCUT2D eigenvalue weighted by molar-refractivity contribution is -0.684. The third-order valence-corrected chi connectivity index (χ3v) is 4.88. The summed E-state index contributed by atoms with van der Waals surface area (Å²) in [5.74, 6) is 2.01. The maximum absolute atomic E-state index is 12.2. The normalized spacial score (nSPS) is 10.7. The summed E-state index contributed by atoms with van der Waals surface area (Å²) in [4.78, 5) is 12.2. The van der Waals surface area contributed by atoms with E-state index in [2.05, 4.69) is 31.3 Å². The van der Waals surface area contributed by atoms with Crippen LogP contribution in [0.1, 0.15) is 43.7 Å². The number of aromatic nitrogens is 1. The highest BCUT2D eigenvalue weighted by atomic mass is 16.5. The molecule has 1 aromatic heterocycles. The van der Waals surface area contributed by atoms with Crippen molar-refractivity contribution in [3.05, 3.63) is 53.9 Å². The van der Waals surface area contributed by atoms with Crippen molar-refractivity contribution in [3.8, 4) is 11.5 Å². The topological polar surface area (TPSA) is 51.4 Å². The molecule has 5 nitrogen and oxygen atoms in total. The van der Waals surface area contributed by atoms with Crippen LogP contribution < -0.4 is 19.4 Å². The molecule has 0 aliphatic heterocycles. The van der Waals surface area contributed by atoms with E-state index in [4.69, 9.17) is 9.47 Å². The smallest absolute Gasteiger partial charge is 0.285 e. The molecule has 2 aromatic rings. The lowest BCUT2D eigenvalue weighted by Crippen LogP contribution is -2.42. The molecule has 0 fully saturated rings. The summed E-state index contributed by atoms with van der Waals surface area (Å²) in [6.07, 6.45) is 6.99. The Hall–Kier alpha value is -2.56. The molecule has 0 spiro atoms. The first kappa shape index (κ1) is 20.7. The quantitative estimate of drug-likeness (QED) is 0.652. The van der Waals surface area contributed by atoms with Crippen molar-refractivity contribution in [3.63, 3.8) is 0 Å². The molecule has 5 heteroatoms. The zero-order valence-corrected chi connectivity index (χ0v) is 16.8. The molecule has 1 heterocycles. The van der Waals surface area contributed by atoms with Crippen LogP contribution in [0.15, 0.2) is 42.7 Å². The second-order valence-corrected chi connectivity index (χ2v) is 6.61. The summed E-state index contributed by atoms with van der Waals surface area (Å²) < 4.78 is 12.5. The van der Waals surface area contributed by atoms with Gasteiger partial charge in [0.2, 0.25) is 6.54 Å². The van der Waals surface area contributed by atoms with Gasteiger partial charge in [0.05, 0.1) is 14.2 Å². The van der Waals surface area contributed by atoms with Gasteiger partial charge in [-0.15, -0.1) is 0 Å².